The lowest BCUT2D eigenvalue weighted by Gasteiger charge is -2.31. The molecule has 0 aliphatic carbocycles. The fourth-order valence-electron chi connectivity index (χ4n) is 2.32. The first-order valence-electron chi connectivity index (χ1n) is 6.26. The van der Waals surface area contributed by atoms with Gasteiger partial charge in [-0.25, -0.2) is 8.42 Å². The molecule has 1 aromatic rings. The van der Waals surface area contributed by atoms with E-state index >= 15 is 0 Å². The Morgan fingerprint density at radius 3 is 2.32 bits per heavy atom. The van der Waals surface area contributed by atoms with Crippen LogP contribution in [-0.2, 0) is 14.6 Å². The summed E-state index contributed by atoms with van der Waals surface area (Å²) in [6.07, 6.45) is 2.24. The highest BCUT2D eigenvalue weighted by Crippen LogP contribution is 2.24. The number of likely N-dealkylation sites (tertiary alicyclic amines) is 1. The van der Waals surface area contributed by atoms with Gasteiger partial charge in [-0.3, -0.25) is 4.79 Å². The highest BCUT2D eigenvalue weighted by Gasteiger charge is 2.31. The molecule has 2 rings (SSSR count). The van der Waals surface area contributed by atoms with Crippen molar-refractivity contribution in [3.63, 3.8) is 0 Å². The molecule has 0 N–H and O–H groups in total. The van der Waals surface area contributed by atoms with E-state index in [9.17, 15) is 13.2 Å². The van der Waals surface area contributed by atoms with Crippen molar-refractivity contribution in [3.05, 3.63) is 43.0 Å². The number of hydrogen-bond acceptors (Lipinski definition) is 3. The van der Waals surface area contributed by atoms with Crippen LogP contribution in [0.15, 0.2) is 47.9 Å². The van der Waals surface area contributed by atoms with Gasteiger partial charge in [0, 0.05) is 13.1 Å². The van der Waals surface area contributed by atoms with Gasteiger partial charge in [0.2, 0.25) is 5.91 Å². The van der Waals surface area contributed by atoms with Gasteiger partial charge in [-0.1, -0.05) is 24.8 Å². The zero-order chi connectivity index (χ0) is 13.9. The highest BCUT2D eigenvalue weighted by molar-refractivity contribution is 7.92. The molecule has 0 saturated carbocycles. The van der Waals surface area contributed by atoms with Crippen LogP contribution in [0.4, 0.5) is 0 Å². The second-order valence-corrected chi connectivity index (χ2v) is 6.81. The molecule has 5 heteroatoms. The van der Waals surface area contributed by atoms with Gasteiger partial charge in [0.15, 0.2) is 9.84 Å². The molecule has 19 heavy (non-hydrogen) atoms. The Balaban J connectivity index is 2.09. The number of nitrogens with zero attached hydrogens (tertiary/aromatic N) is 1. The second-order valence-electron chi connectivity index (χ2n) is 4.59. The third kappa shape index (κ3) is 2.87. The maximum Gasteiger partial charge on any atom is 0.245 e. The van der Waals surface area contributed by atoms with Gasteiger partial charge >= 0.3 is 0 Å². The summed E-state index contributed by atoms with van der Waals surface area (Å²) in [6.45, 7) is 4.39. The van der Waals surface area contributed by atoms with E-state index in [1.54, 1.807) is 35.2 Å². The normalized spacial score (nSPS) is 17.2. The second kappa shape index (κ2) is 5.57. The van der Waals surface area contributed by atoms with E-state index in [4.69, 9.17) is 0 Å². The third-order valence-electron chi connectivity index (χ3n) is 3.44. The van der Waals surface area contributed by atoms with E-state index in [2.05, 4.69) is 6.58 Å². The fourth-order valence-corrected chi connectivity index (χ4v) is 4.07. The van der Waals surface area contributed by atoms with Crippen LogP contribution >= 0.6 is 0 Å². The predicted molar refractivity (Wildman–Crippen MR) is 73.4 cm³/mol. The van der Waals surface area contributed by atoms with Gasteiger partial charge in [-0.15, -0.1) is 0 Å². The molecule has 1 fully saturated rings. The van der Waals surface area contributed by atoms with Crippen molar-refractivity contribution >= 4 is 15.7 Å². The van der Waals surface area contributed by atoms with Gasteiger partial charge in [0.25, 0.3) is 0 Å². The van der Waals surface area contributed by atoms with Crippen LogP contribution in [0.2, 0.25) is 0 Å². The number of hydrogen-bond donors (Lipinski definition) is 0. The summed E-state index contributed by atoms with van der Waals surface area (Å²) in [6, 6.07) is 8.49. The molecule has 0 radical (unpaired) electrons. The lowest BCUT2D eigenvalue weighted by Crippen LogP contribution is -2.41. The summed E-state index contributed by atoms with van der Waals surface area (Å²) in [5.41, 5.74) is 0. The first-order valence-corrected chi connectivity index (χ1v) is 7.80. The molecule has 1 saturated heterocycles. The van der Waals surface area contributed by atoms with Crippen LogP contribution in [-0.4, -0.2) is 37.6 Å². The molecule has 4 nitrogen and oxygen atoms in total. The van der Waals surface area contributed by atoms with Crippen molar-refractivity contribution in [1.29, 1.82) is 0 Å². The molecule has 1 aromatic carbocycles. The summed E-state index contributed by atoms with van der Waals surface area (Å²) in [5.74, 6) is -0.129. The summed E-state index contributed by atoms with van der Waals surface area (Å²) < 4.78 is 24.8. The summed E-state index contributed by atoms with van der Waals surface area (Å²) in [4.78, 5) is 13.5. The number of benzene rings is 1. The Morgan fingerprint density at radius 1 is 1.21 bits per heavy atom. The van der Waals surface area contributed by atoms with Gasteiger partial charge < -0.3 is 4.90 Å². The smallest absolute Gasteiger partial charge is 0.245 e. The highest BCUT2D eigenvalue weighted by atomic mass is 32.2. The van der Waals surface area contributed by atoms with E-state index in [-0.39, 0.29) is 5.91 Å². The van der Waals surface area contributed by atoms with Crippen molar-refractivity contribution in [2.24, 2.45) is 0 Å². The Kier molecular flexibility index (Phi) is 4.04. The van der Waals surface area contributed by atoms with Crippen LogP contribution in [0.25, 0.3) is 0 Å². The number of rotatable bonds is 3. The van der Waals surface area contributed by atoms with Gasteiger partial charge in [-0.2, -0.15) is 0 Å². The van der Waals surface area contributed by atoms with Crippen molar-refractivity contribution in [3.8, 4) is 0 Å². The van der Waals surface area contributed by atoms with E-state index in [1.165, 1.54) is 6.08 Å². The average molecular weight is 279 g/mol. The van der Waals surface area contributed by atoms with Crippen molar-refractivity contribution in [2.75, 3.05) is 13.1 Å². The topological polar surface area (TPSA) is 54.5 Å². The molecular weight excluding hydrogens is 262 g/mol. The van der Waals surface area contributed by atoms with Crippen LogP contribution < -0.4 is 0 Å². The predicted octanol–water partition coefficient (Wildman–Crippen LogP) is 1.64. The standard InChI is InChI=1S/C14H17NO3S/c1-2-14(16)15-10-8-13(9-11-15)19(17,18)12-6-4-3-5-7-12/h2-7,13H,1,8-11H2. The molecule has 0 spiro atoms. The SMILES string of the molecule is C=CC(=O)N1CCC(S(=O)(=O)c2ccccc2)CC1. The number of carbonyl (C=O) groups excluding carboxylic acids is 1. The van der Waals surface area contributed by atoms with Gasteiger partial charge in [0.05, 0.1) is 10.1 Å². The number of piperidine rings is 1. The van der Waals surface area contributed by atoms with Crippen molar-refractivity contribution < 1.29 is 13.2 Å². The maximum absolute atomic E-state index is 12.4. The Morgan fingerprint density at radius 2 is 1.79 bits per heavy atom. The molecule has 102 valence electrons. The van der Waals surface area contributed by atoms with Gasteiger partial charge in [0.1, 0.15) is 0 Å². The van der Waals surface area contributed by atoms with Crippen molar-refractivity contribution in [2.45, 2.75) is 23.0 Å². The van der Waals surface area contributed by atoms with E-state index in [0.717, 1.165) is 0 Å². The number of sulfone groups is 1. The molecule has 0 aromatic heterocycles. The van der Waals surface area contributed by atoms with Crippen LogP contribution in [0.5, 0.6) is 0 Å². The molecule has 1 amide bonds. The van der Waals surface area contributed by atoms with Gasteiger partial charge in [-0.05, 0) is 31.1 Å². The lowest BCUT2D eigenvalue weighted by atomic mass is 10.1. The number of amides is 1. The molecular formula is C14H17NO3S. The zero-order valence-corrected chi connectivity index (χ0v) is 11.5. The minimum atomic E-state index is -3.28. The van der Waals surface area contributed by atoms with Crippen LogP contribution in [0.3, 0.4) is 0 Å². The largest absolute Gasteiger partial charge is 0.339 e. The molecule has 0 unspecified atom stereocenters. The minimum absolute atomic E-state index is 0.129. The third-order valence-corrected chi connectivity index (χ3v) is 5.72. The van der Waals surface area contributed by atoms with E-state index in [1.807, 2.05) is 0 Å². The molecule has 1 aliphatic heterocycles. The van der Waals surface area contributed by atoms with Crippen molar-refractivity contribution in [1.82, 2.24) is 4.90 Å². The Labute approximate surface area is 113 Å². The monoisotopic (exact) mass is 279 g/mol. The Hall–Kier alpha value is -1.62. The van der Waals surface area contributed by atoms with Crippen LogP contribution in [0, 0.1) is 0 Å². The van der Waals surface area contributed by atoms with E-state index < -0.39 is 15.1 Å². The quantitative estimate of drug-likeness (QED) is 0.790. The molecule has 0 atom stereocenters. The molecule has 1 heterocycles. The molecule has 0 bridgehead atoms. The summed E-state index contributed by atoms with van der Waals surface area (Å²) in [7, 11) is -3.28. The van der Waals surface area contributed by atoms with E-state index in [0.29, 0.717) is 30.8 Å². The van der Waals surface area contributed by atoms with Crippen LogP contribution in [0.1, 0.15) is 12.8 Å². The summed E-state index contributed by atoms with van der Waals surface area (Å²) in [5, 5.41) is -0.399. The lowest BCUT2D eigenvalue weighted by molar-refractivity contribution is -0.126. The zero-order valence-electron chi connectivity index (χ0n) is 10.7. The summed E-state index contributed by atoms with van der Waals surface area (Å²) >= 11 is 0. The average Bonchev–Trinajstić information content (AvgIpc) is 2.47. The number of carbonyl (C=O) groups is 1. The first-order chi connectivity index (χ1) is 9.05. The fraction of sp³-hybridized carbons (Fsp3) is 0.357. The minimum Gasteiger partial charge on any atom is -0.339 e. The maximum atomic E-state index is 12.4. The first kappa shape index (κ1) is 13.8. The molecule has 1 aliphatic rings. The Bertz CT molecular complexity index is 558.